The third-order valence-corrected chi connectivity index (χ3v) is 6.05. The summed E-state index contributed by atoms with van der Waals surface area (Å²) in [7, 11) is -2.80. The Kier molecular flexibility index (Phi) is 5.29. The third kappa shape index (κ3) is 4.65. The van der Waals surface area contributed by atoms with Gasteiger partial charge in [-0.05, 0) is 44.4 Å². The molecule has 0 spiro atoms. The molecule has 5 nitrogen and oxygen atoms in total. The van der Waals surface area contributed by atoms with Crippen LogP contribution in [0.2, 0.25) is 0 Å². The van der Waals surface area contributed by atoms with Crippen molar-refractivity contribution in [1.82, 2.24) is 10.6 Å². The molecular weight excluding hydrogens is 274 g/mol. The van der Waals surface area contributed by atoms with Gasteiger partial charge >= 0.3 is 0 Å². The van der Waals surface area contributed by atoms with Crippen molar-refractivity contribution in [2.75, 3.05) is 24.6 Å². The number of rotatable bonds is 4. The van der Waals surface area contributed by atoms with E-state index in [-0.39, 0.29) is 5.92 Å². The highest BCUT2D eigenvalue weighted by Gasteiger charge is 2.28. The lowest BCUT2D eigenvalue weighted by molar-refractivity contribution is 0.558. The lowest BCUT2D eigenvalue weighted by Crippen LogP contribution is -2.42. The minimum absolute atomic E-state index is 0.193. The molecular formula is C14H27N3O2S. The van der Waals surface area contributed by atoms with Gasteiger partial charge in [0.25, 0.3) is 0 Å². The number of sulfone groups is 1. The molecule has 0 radical (unpaired) electrons. The van der Waals surface area contributed by atoms with E-state index in [1.54, 1.807) is 0 Å². The molecule has 2 fully saturated rings. The second-order valence-electron chi connectivity index (χ2n) is 6.25. The average Bonchev–Trinajstić information content (AvgIpc) is 2.93. The second-order valence-corrected chi connectivity index (χ2v) is 8.48. The molecule has 116 valence electrons. The molecule has 0 aromatic heterocycles. The van der Waals surface area contributed by atoms with E-state index in [9.17, 15) is 8.42 Å². The lowest BCUT2D eigenvalue weighted by Gasteiger charge is -2.17. The number of hydrogen-bond acceptors (Lipinski definition) is 3. The summed E-state index contributed by atoms with van der Waals surface area (Å²) in [5, 5.41) is 6.74. The summed E-state index contributed by atoms with van der Waals surface area (Å²) in [6, 6.07) is 0.509. The number of guanidine groups is 1. The first kappa shape index (κ1) is 15.6. The van der Waals surface area contributed by atoms with Crippen LogP contribution in [0.5, 0.6) is 0 Å². The van der Waals surface area contributed by atoms with Crippen LogP contribution in [0.3, 0.4) is 0 Å². The molecule has 6 heteroatoms. The molecule has 3 atom stereocenters. The van der Waals surface area contributed by atoms with E-state index in [1.165, 1.54) is 19.3 Å². The summed E-state index contributed by atoms with van der Waals surface area (Å²) in [5.41, 5.74) is 0. The van der Waals surface area contributed by atoms with Gasteiger partial charge < -0.3 is 10.6 Å². The smallest absolute Gasteiger partial charge is 0.191 e. The number of aliphatic imine (C=N–C) groups is 1. The average molecular weight is 301 g/mol. The van der Waals surface area contributed by atoms with Crippen molar-refractivity contribution in [2.24, 2.45) is 16.8 Å². The van der Waals surface area contributed by atoms with Crippen LogP contribution in [0.1, 0.15) is 39.5 Å². The summed E-state index contributed by atoms with van der Waals surface area (Å²) in [6.07, 6.45) is 4.43. The first-order chi connectivity index (χ1) is 9.48. The molecule has 20 heavy (non-hydrogen) atoms. The monoisotopic (exact) mass is 301 g/mol. The Morgan fingerprint density at radius 1 is 1.30 bits per heavy atom. The van der Waals surface area contributed by atoms with Crippen LogP contribution in [0.15, 0.2) is 4.99 Å². The molecule has 0 bridgehead atoms. The molecule has 0 aromatic carbocycles. The Bertz CT molecular complexity index is 447. The maximum atomic E-state index is 11.4. The fourth-order valence-electron chi connectivity index (χ4n) is 3.09. The molecule has 2 N–H and O–H groups in total. The van der Waals surface area contributed by atoms with Crippen molar-refractivity contribution in [3.63, 3.8) is 0 Å². The first-order valence-corrected chi connectivity index (χ1v) is 9.56. The maximum absolute atomic E-state index is 11.4. The summed E-state index contributed by atoms with van der Waals surface area (Å²) < 4.78 is 22.9. The normalized spacial score (nSPS) is 33.3. The van der Waals surface area contributed by atoms with Crippen LogP contribution < -0.4 is 10.6 Å². The van der Waals surface area contributed by atoms with Gasteiger partial charge in [0.2, 0.25) is 0 Å². The molecule has 1 saturated heterocycles. The molecule has 0 aromatic rings. The maximum Gasteiger partial charge on any atom is 0.191 e. The highest BCUT2D eigenvalue weighted by Crippen LogP contribution is 2.24. The zero-order valence-electron chi connectivity index (χ0n) is 12.6. The molecule has 2 rings (SSSR count). The molecule has 1 aliphatic heterocycles. The fraction of sp³-hybridized carbons (Fsp3) is 0.929. The van der Waals surface area contributed by atoms with Crippen LogP contribution in [0.25, 0.3) is 0 Å². The summed E-state index contributed by atoms with van der Waals surface area (Å²) in [6.45, 7) is 5.78. The summed E-state index contributed by atoms with van der Waals surface area (Å²) >= 11 is 0. The first-order valence-electron chi connectivity index (χ1n) is 7.73. The van der Waals surface area contributed by atoms with E-state index < -0.39 is 9.84 Å². The van der Waals surface area contributed by atoms with Gasteiger partial charge in [0.15, 0.2) is 15.8 Å². The van der Waals surface area contributed by atoms with Crippen molar-refractivity contribution in [1.29, 1.82) is 0 Å². The number of nitrogens with one attached hydrogen (secondary N) is 2. The van der Waals surface area contributed by atoms with Gasteiger partial charge in [0.1, 0.15) is 0 Å². The molecule has 2 aliphatic rings. The lowest BCUT2D eigenvalue weighted by atomic mass is 10.1. The summed E-state index contributed by atoms with van der Waals surface area (Å²) in [5.74, 6) is 2.46. The van der Waals surface area contributed by atoms with Gasteiger partial charge in [-0.2, -0.15) is 0 Å². The SMILES string of the molecule is CCNC(=NCC1CCS(=O)(=O)C1)NC1CCC(C)C1. The minimum atomic E-state index is -2.80. The van der Waals surface area contributed by atoms with Gasteiger partial charge in [-0.3, -0.25) is 4.99 Å². The van der Waals surface area contributed by atoms with E-state index in [4.69, 9.17) is 0 Å². The van der Waals surface area contributed by atoms with Crippen LogP contribution in [0.4, 0.5) is 0 Å². The van der Waals surface area contributed by atoms with Gasteiger partial charge in [-0.15, -0.1) is 0 Å². The van der Waals surface area contributed by atoms with Crippen LogP contribution in [-0.2, 0) is 9.84 Å². The van der Waals surface area contributed by atoms with Gasteiger partial charge in [-0.1, -0.05) is 6.92 Å². The summed E-state index contributed by atoms with van der Waals surface area (Å²) in [4.78, 5) is 4.58. The van der Waals surface area contributed by atoms with E-state index >= 15 is 0 Å². The van der Waals surface area contributed by atoms with Gasteiger partial charge in [0, 0.05) is 19.1 Å². The Hall–Kier alpha value is -0.780. The van der Waals surface area contributed by atoms with Crippen LogP contribution in [0, 0.1) is 11.8 Å². The number of hydrogen-bond donors (Lipinski definition) is 2. The van der Waals surface area contributed by atoms with E-state index in [0.717, 1.165) is 24.8 Å². The predicted molar refractivity (Wildman–Crippen MR) is 82.7 cm³/mol. The van der Waals surface area contributed by atoms with Crippen molar-refractivity contribution < 1.29 is 8.42 Å². The van der Waals surface area contributed by atoms with Crippen LogP contribution >= 0.6 is 0 Å². The standard InChI is InChI=1S/C14H27N3O2S/c1-3-15-14(17-13-5-4-11(2)8-13)16-9-12-6-7-20(18,19)10-12/h11-13H,3-10H2,1-2H3,(H2,15,16,17). The van der Waals surface area contributed by atoms with Crippen molar-refractivity contribution >= 4 is 15.8 Å². The van der Waals surface area contributed by atoms with Gasteiger partial charge in [-0.25, -0.2) is 8.42 Å². The molecule has 3 unspecified atom stereocenters. The highest BCUT2D eigenvalue weighted by molar-refractivity contribution is 7.91. The molecule has 0 amide bonds. The molecule has 1 heterocycles. The Morgan fingerprint density at radius 3 is 2.65 bits per heavy atom. The van der Waals surface area contributed by atoms with E-state index in [2.05, 4.69) is 29.5 Å². The number of nitrogens with zero attached hydrogens (tertiary/aromatic N) is 1. The Morgan fingerprint density at radius 2 is 2.10 bits per heavy atom. The molecule has 1 saturated carbocycles. The quantitative estimate of drug-likeness (QED) is 0.604. The zero-order valence-corrected chi connectivity index (χ0v) is 13.4. The fourth-order valence-corrected chi connectivity index (χ4v) is 4.94. The van der Waals surface area contributed by atoms with E-state index in [0.29, 0.717) is 24.1 Å². The topological polar surface area (TPSA) is 70.6 Å². The highest BCUT2D eigenvalue weighted by atomic mass is 32.2. The second kappa shape index (κ2) is 6.78. The Labute approximate surface area is 122 Å². The minimum Gasteiger partial charge on any atom is -0.357 e. The van der Waals surface area contributed by atoms with Gasteiger partial charge in [0.05, 0.1) is 11.5 Å². The van der Waals surface area contributed by atoms with E-state index in [1.807, 2.05) is 0 Å². The van der Waals surface area contributed by atoms with Crippen molar-refractivity contribution in [3.8, 4) is 0 Å². The zero-order chi connectivity index (χ0) is 14.6. The Balaban J connectivity index is 1.86. The third-order valence-electron chi connectivity index (χ3n) is 4.21. The van der Waals surface area contributed by atoms with Crippen molar-refractivity contribution in [2.45, 2.75) is 45.6 Å². The largest absolute Gasteiger partial charge is 0.357 e. The predicted octanol–water partition coefficient (Wildman–Crippen LogP) is 1.16. The molecule has 1 aliphatic carbocycles. The van der Waals surface area contributed by atoms with Crippen molar-refractivity contribution in [3.05, 3.63) is 0 Å². The van der Waals surface area contributed by atoms with Crippen LogP contribution in [-0.4, -0.2) is 45.0 Å².